The largest absolute Gasteiger partial charge is 0.368 e. The Morgan fingerprint density at radius 3 is 2.35 bits per heavy atom. The lowest BCUT2D eigenvalue weighted by Crippen LogP contribution is -2.45. The second-order valence-electron chi connectivity index (χ2n) is 6.00. The summed E-state index contributed by atoms with van der Waals surface area (Å²) in [5.74, 6) is -1.00. The summed E-state index contributed by atoms with van der Waals surface area (Å²) >= 11 is 0. The molecule has 26 heavy (non-hydrogen) atoms. The van der Waals surface area contributed by atoms with E-state index in [1.807, 2.05) is 48.5 Å². The summed E-state index contributed by atoms with van der Waals surface area (Å²) in [6.07, 6.45) is 0.308. The van der Waals surface area contributed by atoms with Crippen LogP contribution in [0.4, 0.5) is 0 Å². The van der Waals surface area contributed by atoms with Crippen molar-refractivity contribution in [2.24, 2.45) is 5.73 Å². The van der Waals surface area contributed by atoms with E-state index in [9.17, 15) is 9.59 Å². The first kappa shape index (κ1) is 17.2. The predicted molar refractivity (Wildman–Crippen MR) is 99.3 cm³/mol. The quantitative estimate of drug-likeness (QED) is 0.745. The van der Waals surface area contributed by atoms with Crippen molar-refractivity contribution in [3.8, 4) is 6.07 Å². The Labute approximate surface area is 151 Å². The number of primary amides is 1. The maximum atomic E-state index is 12.4. The van der Waals surface area contributed by atoms with Crippen molar-refractivity contribution in [1.82, 2.24) is 5.32 Å². The van der Waals surface area contributed by atoms with Gasteiger partial charge in [-0.05, 0) is 40.6 Å². The van der Waals surface area contributed by atoms with Gasteiger partial charge in [0.2, 0.25) is 5.91 Å². The van der Waals surface area contributed by atoms with Gasteiger partial charge in [0.25, 0.3) is 5.91 Å². The topological polar surface area (TPSA) is 96.0 Å². The summed E-state index contributed by atoms with van der Waals surface area (Å²) in [4.78, 5) is 24.2. The standard InChI is InChI=1S/C21H17N3O2/c22-13-14-5-9-17(10-6-14)21(26)24-19(20(23)25)12-15-7-8-16-3-1-2-4-18(16)11-15/h1-11,19H,12H2,(H2,23,25)(H,24,26)/t19-/m1/s1. The second-order valence-corrected chi connectivity index (χ2v) is 6.00. The van der Waals surface area contributed by atoms with E-state index in [1.165, 1.54) is 0 Å². The Balaban J connectivity index is 1.76. The molecule has 0 aliphatic heterocycles. The molecular weight excluding hydrogens is 326 g/mol. The highest BCUT2D eigenvalue weighted by atomic mass is 16.2. The number of amides is 2. The van der Waals surface area contributed by atoms with Gasteiger partial charge in [-0.25, -0.2) is 0 Å². The summed E-state index contributed by atoms with van der Waals surface area (Å²) in [7, 11) is 0. The van der Waals surface area contributed by atoms with E-state index in [-0.39, 0.29) is 0 Å². The first-order chi connectivity index (χ1) is 12.6. The van der Waals surface area contributed by atoms with E-state index >= 15 is 0 Å². The Morgan fingerprint density at radius 1 is 1.00 bits per heavy atom. The highest BCUT2D eigenvalue weighted by Crippen LogP contribution is 2.17. The molecule has 128 valence electrons. The number of rotatable bonds is 5. The third kappa shape index (κ3) is 3.87. The van der Waals surface area contributed by atoms with Crippen LogP contribution < -0.4 is 11.1 Å². The molecule has 1 atom stereocenters. The maximum Gasteiger partial charge on any atom is 0.251 e. The van der Waals surface area contributed by atoms with Crippen molar-refractivity contribution in [3.05, 3.63) is 83.4 Å². The SMILES string of the molecule is N#Cc1ccc(C(=O)N[C@H](Cc2ccc3ccccc3c2)C(N)=O)cc1. The van der Waals surface area contributed by atoms with E-state index < -0.39 is 17.9 Å². The number of fused-ring (bicyclic) bond motifs is 1. The fourth-order valence-electron chi connectivity index (χ4n) is 2.76. The molecule has 3 aromatic carbocycles. The lowest BCUT2D eigenvalue weighted by Gasteiger charge is -2.16. The molecule has 0 fully saturated rings. The van der Waals surface area contributed by atoms with Crippen LogP contribution in [0.5, 0.6) is 0 Å². The molecule has 0 aliphatic rings. The molecule has 3 N–H and O–H groups in total. The summed E-state index contributed by atoms with van der Waals surface area (Å²) < 4.78 is 0. The van der Waals surface area contributed by atoms with Crippen molar-refractivity contribution in [2.75, 3.05) is 0 Å². The first-order valence-electron chi connectivity index (χ1n) is 8.15. The Kier molecular flexibility index (Phi) is 4.95. The molecule has 5 heteroatoms. The van der Waals surface area contributed by atoms with Crippen LogP contribution in [0.2, 0.25) is 0 Å². The van der Waals surface area contributed by atoms with Crippen molar-refractivity contribution in [1.29, 1.82) is 5.26 Å². The van der Waals surface area contributed by atoms with E-state index in [4.69, 9.17) is 11.0 Å². The van der Waals surface area contributed by atoms with Crippen LogP contribution in [0, 0.1) is 11.3 Å². The van der Waals surface area contributed by atoms with Gasteiger partial charge in [-0.1, -0.05) is 42.5 Å². The van der Waals surface area contributed by atoms with Gasteiger partial charge >= 0.3 is 0 Å². The Hall–Kier alpha value is -3.65. The van der Waals surface area contributed by atoms with Crippen LogP contribution in [-0.4, -0.2) is 17.9 Å². The van der Waals surface area contributed by atoms with Gasteiger partial charge in [-0.2, -0.15) is 5.26 Å². The Morgan fingerprint density at radius 2 is 1.69 bits per heavy atom. The van der Waals surface area contributed by atoms with Crippen molar-refractivity contribution >= 4 is 22.6 Å². The molecule has 0 saturated carbocycles. The normalized spacial score (nSPS) is 11.5. The molecule has 3 aromatic rings. The van der Waals surface area contributed by atoms with Gasteiger partial charge in [0.15, 0.2) is 0 Å². The fraction of sp³-hybridized carbons (Fsp3) is 0.0952. The molecule has 0 aromatic heterocycles. The minimum Gasteiger partial charge on any atom is -0.368 e. The number of nitrogens with two attached hydrogens (primary N) is 1. The third-order valence-corrected chi connectivity index (χ3v) is 4.18. The number of nitriles is 1. The number of benzene rings is 3. The number of carbonyl (C=O) groups is 2. The predicted octanol–water partition coefficient (Wildman–Crippen LogP) is 2.54. The molecule has 0 bridgehead atoms. The summed E-state index contributed by atoms with van der Waals surface area (Å²) in [5, 5.41) is 13.7. The van der Waals surface area contributed by atoms with Crippen LogP contribution in [0.3, 0.4) is 0 Å². The molecule has 0 spiro atoms. The lowest BCUT2D eigenvalue weighted by atomic mass is 10.0. The first-order valence-corrected chi connectivity index (χ1v) is 8.15. The smallest absolute Gasteiger partial charge is 0.251 e. The van der Waals surface area contributed by atoms with Crippen LogP contribution in [-0.2, 0) is 11.2 Å². The fourth-order valence-corrected chi connectivity index (χ4v) is 2.76. The molecule has 0 unspecified atom stereocenters. The number of nitrogens with zero attached hydrogens (tertiary/aromatic N) is 1. The summed E-state index contributed by atoms with van der Waals surface area (Å²) in [6.45, 7) is 0. The van der Waals surface area contributed by atoms with Gasteiger partial charge in [0.1, 0.15) is 6.04 Å². The second kappa shape index (κ2) is 7.49. The average molecular weight is 343 g/mol. The van der Waals surface area contributed by atoms with Crippen LogP contribution >= 0.6 is 0 Å². The average Bonchev–Trinajstić information content (AvgIpc) is 2.67. The number of nitrogens with one attached hydrogen (secondary N) is 1. The van der Waals surface area contributed by atoms with E-state index in [0.717, 1.165) is 16.3 Å². The molecule has 3 rings (SSSR count). The highest BCUT2D eigenvalue weighted by Gasteiger charge is 2.19. The van der Waals surface area contributed by atoms with Gasteiger partial charge in [-0.3, -0.25) is 9.59 Å². The van der Waals surface area contributed by atoms with Gasteiger partial charge < -0.3 is 11.1 Å². The summed E-state index contributed by atoms with van der Waals surface area (Å²) in [6, 6.07) is 21.2. The third-order valence-electron chi connectivity index (χ3n) is 4.18. The van der Waals surface area contributed by atoms with Crippen molar-refractivity contribution in [2.45, 2.75) is 12.5 Å². The number of hydrogen-bond acceptors (Lipinski definition) is 3. The van der Waals surface area contributed by atoms with Crippen molar-refractivity contribution in [3.63, 3.8) is 0 Å². The highest BCUT2D eigenvalue weighted by molar-refractivity contribution is 5.97. The molecule has 0 heterocycles. The molecular formula is C21H17N3O2. The van der Waals surface area contributed by atoms with E-state index in [0.29, 0.717) is 17.5 Å². The zero-order valence-electron chi connectivity index (χ0n) is 14.0. The molecule has 0 aliphatic carbocycles. The molecule has 0 radical (unpaired) electrons. The summed E-state index contributed by atoms with van der Waals surface area (Å²) in [5.41, 5.74) is 7.21. The van der Waals surface area contributed by atoms with Gasteiger partial charge in [-0.15, -0.1) is 0 Å². The minimum atomic E-state index is -0.820. The zero-order valence-corrected chi connectivity index (χ0v) is 14.0. The molecule has 5 nitrogen and oxygen atoms in total. The molecule has 2 amide bonds. The van der Waals surface area contributed by atoms with Gasteiger partial charge in [0.05, 0.1) is 11.6 Å². The van der Waals surface area contributed by atoms with Crippen LogP contribution in [0.15, 0.2) is 66.7 Å². The van der Waals surface area contributed by atoms with Crippen LogP contribution in [0.25, 0.3) is 10.8 Å². The lowest BCUT2D eigenvalue weighted by molar-refractivity contribution is -0.119. The number of hydrogen-bond donors (Lipinski definition) is 2. The maximum absolute atomic E-state index is 12.4. The zero-order chi connectivity index (χ0) is 18.5. The van der Waals surface area contributed by atoms with Crippen molar-refractivity contribution < 1.29 is 9.59 Å². The van der Waals surface area contributed by atoms with Crippen LogP contribution in [0.1, 0.15) is 21.5 Å². The monoisotopic (exact) mass is 343 g/mol. The van der Waals surface area contributed by atoms with E-state index in [2.05, 4.69) is 5.32 Å². The minimum absolute atomic E-state index is 0.308. The van der Waals surface area contributed by atoms with E-state index in [1.54, 1.807) is 24.3 Å². The molecule has 0 saturated heterocycles. The number of carbonyl (C=O) groups excluding carboxylic acids is 2. The Bertz CT molecular complexity index is 1000. The van der Waals surface area contributed by atoms with Gasteiger partial charge in [0, 0.05) is 12.0 Å².